The van der Waals surface area contributed by atoms with Crippen LogP contribution in [0.3, 0.4) is 0 Å². The van der Waals surface area contributed by atoms with E-state index in [9.17, 15) is 31.5 Å². The largest absolute Gasteiger partial charge is 0.464 e. The van der Waals surface area contributed by atoms with Gasteiger partial charge < -0.3 is 9.64 Å². The Balaban J connectivity index is 2.13. The lowest BCUT2D eigenvalue weighted by molar-refractivity contribution is -0.274. The van der Waals surface area contributed by atoms with Crippen molar-refractivity contribution in [1.82, 2.24) is 4.90 Å². The Kier molecular flexibility index (Phi) is 13.1. The van der Waals surface area contributed by atoms with Gasteiger partial charge in [-0.3, -0.25) is 4.79 Å². The maximum Gasteiger partial charge on any atom is 0.463 e. The molecule has 188 valence electrons. The highest BCUT2D eigenvalue weighted by molar-refractivity contribution is 5.89. The SMILES string of the molecule is CCCCCCCCCCCCCCCOC(=O)C1CCCN1C(=O)C(F)(F)C(F)(F)F. The summed E-state index contributed by atoms with van der Waals surface area (Å²) in [6.45, 7) is 1.97. The zero-order chi connectivity index (χ0) is 24.0. The third-order valence-corrected chi connectivity index (χ3v) is 5.90. The summed E-state index contributed by atoms with van der Waals surface area (Å²) in [7, 11) is 0. The maximum atomic E-state index is 13.3. The Hall–Kier alpha value is -1.41. The summed E-state index contributed by atoms with van der Waals surface area (Å²) in [5.74, 6) is -8.80. The smallest absolute Gasteiger partial charge is 0.463 e. The number of halogens is 5. The Morgan fingerprint density at radius 1 is 0.812 bits per heavy atom. The van der Waals surface area contributed by atoms with Gasteiger partial charge in [0, 0.05) is 6.54 Å². The van der Waals surface area contributed by atoms with Gasteiger partial charge in [0.05, 0.1) is 6.61 Å². The van der Waals surface area contributed by atoms with E-state index in [4.69, 9.17) is 4.74 Å². The average molecular weight is 472 g/mol. The van der Waals surface area contributed by atoms with Crippen LogP contribution >= 0.6 is 0 Å². The first-order valence-corrected chi connectivity index (χ1v) is 12.0. The number of unbranched alkanes of at least 4 members (excludes halogenated alkanes) is 12. The summed E-state index contributed by atoms with van der Waals surface area (Å²) in [5, 5.41) is 0. The number of esters is 1. The molecule has 1 atom stereocenters. The number of ether oxygens (including phenoxy) is 1. The van der Waals surface area contributed by atoms with Crippen molar-refractivity contribution >= 4 is 11.9 Å². The highest BCUT2D eigenvalue weighted by Gasteiger charge is 2.65. The van der Waals surface area contributed by atoms with E-state index >= 15 is 0 Å². The van der Waals surface area contributed by atoms with Crippen LogP contribution in [0, 0.1) is 0 Å². The van der Waals surface area contributed by atoms with Crippen molar-refractivity contribution in [1.29, 1.82) is 0 Å². The van der Waals surface area contributed by atoms with Gasteiger partial charge in [0.15, 0.2) is 0 Å². The fourth-order valence-corrected chi connectivity index (χ4v) is 3.95. The minimum absolute atomic E-state index is 0.0249. The lowest BCUT2D eigenvalue weighted by Crippen LogP contribution is -2.55. The van der Waals surface area contributed by atoms with Gasteiger partial charge >= 0.3 is 24.0 Å². The van der Waals surface area contributed by atoms with Gasteiger partial charge in [-0.25, -0.2) is 4.79 Å². The molecule has 1 aliphatic rings. The number of alkyl halides is 5. The Morgan fingerprint density at radius 3 is 1.75 bits per heavy atom. The van der Waals surface area contributed by atoms with E-state index in [-0.39, 0.29) is 26.0 Å². The van der Waals surface area contributed by atoms with Gasteiger partial charge in [-0.2, -0.15) is 22.0 Å². The molecule has 4 nitrogen and oxygen atoms in total. The standard InChI is InChI=1S/C23H38F5NO3/c1-2-3-4-5-6-7-8-9-10-11-12-13-14-18-32-20(30)19-16-15-17-29(19)21(31)22(24,25)23(26,27)28/h19H,2-18H2,1H3. The van der Waals surface area contributed by atoms with Crippen molar-refractivity contribution < 1.29 is 36.3 Å². The number of carbonyl (C=O) groups excluding carboxylic acids is 2. The number of hydrogen-bond acceptors (Lipinski definition) is 3. The lowest BCUT2D eigenvalue weighted by Gasteiger charge is -2.28. The van der Waals surface area contributed by atoms with Crippen LogP contribution in [0.25, 0.3) is 0 Å². The molecule has 1 aliphatic heterocycles. The number of likely N-dealkylation sites (tertiary alicyclic amines) is 1. The van der Waals surface area contributed by atoms with Gasteiger partial charge in [0.1, 0.15) is 6.04 Å². The van der Waals surface area contributed by atoms with Gasteiger partial charge in [-0.1, -0.05) is 84.0 Å². The summed E-state index contributed by atoms with van der Waals surface area (Å²) in [5.41, 5.74) is 0. The number of amides is 1. The Labute approximate surface area is 188 Å². The topological polar surface area (TPSA) is 46.6 Å². The molecule has 0 bridgehead atoms. The van der Waals surface area contributed by atoms with E-state index in [1.165, 1.54) is 57.8 Å². The van der Waals surface area contributed by atoms with Crippen molar-refractivity contribution in [2.24, 2.45) is 0 Å². The van der Waals surface area contributed by atoms with E-state index in [1.54, 1.807) is 0 Å². The average Bonchev–Trinajstić information content (AvgIpc) is 3.22. The normalized spacial score (nSPS) is 17.1. The molecule has 1 rings (SSSR count). The van der Waals surface area contributed by atoms with Crippen molar-refractivity contribution in [2.75, 3.05) is 13.2 Å². The molecule has 9 heteroatoms. The first-order chi connectivity index (χ1) is 15.1. The van der Waals surface area contributed by atoms with Crippen LogP contribution in [0.5, 0.6) is 0 Å². The van der Waals surface area contributed by atoms with Gasteiger partial charge in [0.2, 0.25) is 0 Å². The molecule has 0 aliphatic carbocycles. The predicted octanol–water partition coefficient (Wildman–Crippen LogP) is 6.81. The third-order valence-electron chi connectivity index (χ3n) is 5.90. The molecule has 0 N–H and O–H groups in total. The Bertz CT molecular complexity index is 554. The molecule has 1 unspecified atom stereocenters. The van der Waals surface area contributed by atoms with Crippen LogP contribution in [0.15, 0.2) is 0 Å². The minimum Gasteiger partial charge on any atom is -0.464 e. The highest BCUT2D eigenvalue weighted by atomic mass is 19.4. The van der Waals surface area contributed by atoms with Crippen LogP contribution in [-0.2, 0) is 14.3 Å². The lowest BCUT2D eigenvalue weighted by atomic mass is 10.0. The number of nitrogens with zero attached hydrogens (tertiary/aromatic N) is 1. The van der Waals surface area contributed by atoms with Crippen molar-refractivity contribution in [3.8, 4) is 0 Å². The van der Waals surface area contributed by atoms with Crippen LogP contribution in [-0.4, -0.2) is 48.1 Å². The molecular formula is C23H38F5NO3. The van der Waals surface area contributed by atoms with Crippen LogP contribution in [0.2, 0.25) is 0 Å². The monoisotopic (exact) mass is 471 g/mol. The van der Waals surface area contributed by atoms with Crippen molar-refractivity contribution in [2.45, 2.75) is 121 Å². The van der Waals surface area contributed by atoms with Crippen LogP contribution < -0.4 is 0 Å². The summed E-state index contributed by atoms with van der Waals surface area (Å²) in [6, 6.07) is -1.38. The molecule has 32 heavy (non-hydrogen) atoms. The second kappa shape index (κ2) is 14.7. The first kappa shape index (κ1) is 28.6. The first-order valence-electron chi connectivity index (χ1n) is 12.0. The second-order valence-corrected chi connectivity index (χ2v) is 8.64. The zero-order valence-electron chi connectivity index (χ0n) is 19.2. The van der Waals surface area contributed by atoms with Crippen molar-refractivity contribution in [3.63, 3.8) is 0 Å². The van der Waals surface area contributed by atoms with Crippen LogP contribution in [0.4, 0.5) is 22.0 Å². The predicted molar refractivity (Wildman–Crippen MR) is 112 cm³/mol. The van der Waals surface area contributed by atoms with E-state index < -0.39 is 30.0 Å². The fraction of sp³-hybridized carbons (Fsp3) is 0.913. The third kappa shape index (κ3) is 9.61. The summed E-state index contributed by atoms with van der Waals surface area (Å²) in [6.07, 6.45) is 9.24. The van der Waals surface area contributed by atoms with Crippen LogP contribution in [0.1, 0.15) is 103 Å². The van der Waals surface area contributed by atoms with E-state index in [2.05, 4.69) is 6.92 Å². The molecule has 0 spiro atoms. The molecule has 0 saturated carbocycles. The molecule has 0 aromatic carbocycles. The number of carbonyl (C=O) groups is 2. The summed E-state index contributed by atoms with van der Waals surface area (Å²) in [4.78, 5) is 24.1. The van der Waals surface area contributed by atoms with Gasteiger partial charge in [0.25, 0.3) is 0 Å². The fourth-order valence-electron chi connectivity index (χ4n) is 3.95. The Morgan fingerprint density at radius 2 is 1.28 bits per heavy atom. The van der Waals surface area contributed by atoms with E-state index in [0.717, 1.165) is 19.3 Å². The van der Waals surface area contributed by atoms with Gasteiger partial charge in [-0.05, 0) is 19.3 Å². The zero-order valence-corrected chi connectivity index (χ0v) is 19.2. The minimum atomic E-state index is -5.99. The molecular weight excluding hydrogens is 433 g/mol. The van der Waals surface area contributed by atoms with Crippen molar-refractivity contribution in [3.05, 3.63) is 0 Å². The second-order valence-electron chi connectivity index (χ2n) is 8.64. The highest BCUT2D eigenvalue weighted by Crippen LogP contribution is 2.38. The molecule has 0 aromatic heterocycles. The number of hydrogen-bond donors (Lipinski definition) is 0. The molecule has 1 fully saturated rings. The summed E-state index contributed by atoms with van der Waals surface area (Å²) >= 11 is 0. The van der Waals surface area contributed by atoms with Gasteiger partial charge in [-0.15, -0.1) is 0 Å². The van der Waals surface area contributed by atoms with E-state index in [1.807, 2.05) is 0 Å². The molecule has 1 amide bonds. The molecule has 0 radical (unpaired) electrons. The molecule has 1 saturated heterocycles. The molecule has 0 aromatic rings. The quantitative estimate of drug-likeness (QED) is 0.141. The van der Waals surface area contributed by atoms with E-state index in [0.29, 0.717) is 11.3 Å². The number of rotatable bonds is 16. The maximum absolute atomic E-state index is 13.3. The molecule has 1 heterocycles. The summed E-state index contributed by atoms with van der Waals surface area (Å²) < 4.78 is 69.0.